The van der Waals surface area contributed by atoms with Crippen molar-refractivity contribution in [3.05, 3.63) is 0 Å². The molecular weight excluding hydrogens is 200 g/mol. The van der Waals surface area contributed by atoms with Crippen LogP contribution in [0.5, 0.6) is 0 Å². The highest BCUT2D eigenvalue weighted by atomic mass is 16.5. The van der Waals surface area contributed by atoms with E-state index in [2.05, 4.69) is 23.8 Å². The van der Waals surface area contributed by atoms with Gasteiger partial charge in [0.2, 0.25) is 0 Å². The highest BCUT2D eigenvalue weighted by Gasteiger charge is 2.53. The fraction of sp³-hybridized carbons (Fsp3) is 1.00. The van der Waals surface area contributed by atoms with Gasteiger partial charge in [0, 0.05) is 50.2 Å². The van der Waals surface area contributed by atoms with Gasteiger partial charge < -0.3 is 14.5 Å². The number of hydrogen-bond donors (Lipinski definition) is 0. The van der Waals surface area contributed by atoms with Gasteiger partial charge in [0.25, 0.3) is 0 Å². The topological polar surface area (TPSA) is 15.7 Å². The van der Waals surface area contributed by atoms with Crippen LogP contribution >= 0.6 is 0 Å². The predicted molar refractivity (Wildman–Crippen MR) is 64.5 cm³/mol. The maximum atomic E-state index is 5.60. The van der Waals surface area contributed by atoms with Gasteiger partial charge in [0.05, 0.1) is 6.61 Å². The molecule has 0 bridgehead atoms. The monoisotopic (exact) mass is 224 g/mol. The van der Waals surface area contributed by atoms with Crippen LogP contribution in [0, 0.1) is 10.8 Å². The van der Waals surface area contributed by atoms with Crippen LogP contribution in [-0.2, 0) is 4.74 Å². The average Bonchev–Trinajstić information content (AvgIpc) is 2.90. The van der Waals surface area contributed by atoms with E-state index in [9.17, 15) is 0 Å². The molecule has 3 aliphatic rings. The van der Waals surface area contributed by atoms with E-state index in [1.165, 1.54) is 45.6 Å². The first-order valence-electron chi connectivity index (χ1n) is 6.64. The van der Waals surface area contributed by atoms with E-state index in [0.29, 0.717) is 10.8 Å². The van der Waals surface area contributed by atoms with E-state index in [1.807, 2.05) is 0 Å². The van der Waals surface area contributed by atoms with Crippen molar-refractivity contribution in [1.29, 1.82) is 0 Å². The Balaban J connectivity index is 1.41. The van der Waals surface area contributed by atoms with E-state index >= 15 is 0 Å². The number of ether oxygens (including phenoxy) is 1. The minimum absolute atomic E-state index is 0.549. The molecule has 0 amide bonds. The molecule has 3 fully saturated rings. The van der Waals surface area contributed by atoms with Crippen molar-refractivity contribution in [3.8, 4) is 0 Å². The Labute approximate surface area is 98.7 Å². The Morgan fingerprint density at radius 2 is 1.81 bits per heavy atom. The molecule has 0 N–H and O–H groups in total. The van der Waals surface area contributed by atoms with Gasteiger partial charge in [-0.25, -0.2) is 0 Å². The smallest absolute Gasteiger partial charge is 0.0534 e. The Morgan fingerprint density at radius 3 is 2.31 bits per heavy atom. The quantitative estimate of drug-likeness (QED) is 0.694. The molecule has 0 unspecified atom stereocenters. The number of nitrogens with zero attached hydrogens (tertiary/aromatic N) is 2. The maximum Gasteiger partial charge on any atom is 0.0534 e. The minimum Gasteiger partial charge on any atom is -0.381 e. The zero-order valence-electron chi connectivity index (χ0n) is 10.7. The molecule has 0 radical (unpaired) electrons. The van der Waals surface area contributed by atoms with E-state index in [0.717, 1.165) is 13.2 Å². The summed E-state index contributed by atoms with van der Waals surface area (Å²) in [5, 5.41) is 0. The maximum absolute atomic E-state index is 5.60. The van der Waals surface area contributed by atoms with Crippen LogP contribution in [0.4, 0.5) is 0 Å². The predicted octanol–water partition coefficient (Wildman–Crippen LogP) is 1.05. The van der Waals surface area contributed by atoms with Crippen molar-refractivity contribution in [2.75, 3.05) is 53.0 Å². The van der Waals surface area contributed by atoms with Crippen molar-refractivity contribution >= 4 is 0 Å². The second-order valence-electron chi connectivity index (χ2n) is 6.45. The first kappa shape index (κ1) is 11.0. The fourth-order valence-corrected chi connectivity index (χ4v) is 3.63. The summed E-state index contributed by atoms with van der Waals surface area (Å²) in [6.07, 6.45) is 2.77. The summed E-state index contributed by atoms with van der Waals surface area (Å²) in [6, 6.07) is 0. The number of rotatable bonds is 5. The largest absolute Gasteiger partial charge is 0.381 e. The van der Waals surface area contributed by atoms with Crippen molar-refractivity contribution in [1.82, 2.24) is 9.80 Å². The van der Waals surface area contributed by atoms with Crippen molar-refractivity contribution in [2.45, 2.75) is 19.8 Å². The molecule has 3 heteroatoms. The SMILES string of the molecule is CCOCC1(CN2CC3(CN(C)C3)C2)CC1. The Morgan fingerprint density at radius 1 is 1.12 bits per heavy atom. The molecule has 2 heterocycles. The third-order valence-corrected chi connectivity index (χ3v) is 4.46. The number of hydrogen-bond acceptors (Lipinski definition) is 3. The summed E-state index contributed by atoms with van der Waals surface area (Å²) in [4.78, 5) is 5.09. The lowest BCUT2D eigenvalue weighted by Crippen LogP contribution is -2.71. The average molecular weight is 224 g/mol. The van der Waals surface area contributed by atoms with Crippen LogP contribution in [0.1, 0.15) is 19.8 Å². The van der Waals surface area contributed by atoms with Crippen LogP contribution in [0.3, 0.4) is 0 Å². The lowest BCUT2D eigenvalue weighted by atomic mass is 9.73. The van der Waals surface area contributed by atoms with Gasteiger partial charge in [0.1, 0.15) is 0 Å². The standard InChI is InChI=1S/C13H24N2O/c1-3-16-11-12(4-5-12)8-15-9-13(10-15)6-14(2)7-13/h3-11H2,1-2H3. The zero-order valence-corrected chi connectivity index (χ0v) is 10.7. The summed E-state index contributed by atoms with van der Waals surface area (Å²) in [7, 11) is 2.23. The van der Waals surface area contributed by atoms with E-state index < -0.39 is 0 Å². The molecule has 16 heavy (non-hydrogen) atoms. The van der Waals surface area contributed by atoms with Gasteiger partial charge in [-0.1, -0.05) is 0 Å². The van der Waals surface area contributed by atoms with E-state index in [1.54, 1.807) is 0 Å². The van der Waals surface area contributed by atoms with Crippen molar-refractivity contribution in [2.24, 2.45) is 10.8 Å². The first-order chi connectivity index (χ1) is 7.65. The van der Waals surface area contributed by atoms with Crippen LogP contribution in [-0.4, -0.2) is 62.8 Å². The molecule has 2 saturated heterocycles. The highest BCUT2D eigenvalue weighted by molar-refractivity contribution is 5.07. The number of likely N-dealkylation sites (tertiary alicyclic amines) is 2. The summed E-state index contributed by atoms with van der Waals surface area (Å²) in [6.45, 7) is 10.6. The third-order valence-electron chi connectivity index (χ3n) is 4.46. The minimum atomic E-state index is 0.549. The van der Waals surface area contributed by atoms with Crippen LogP contribution < -0.4 is 0 Å². The Bertz CT molecular complexity index is 261. The molecule has 1 aliphatic carbocycles. The first-order valence-corrected chi connectivity index (χ1v) is 6.64. The Hall–Kier alpha value is -0.120. The molecule has 2 aliphatic heterocycles. The fourth-order valence-electron chi connectivity index (χ4n) is 3.63. The highest BCUT2D eigenvalue weighted by Crippen LogP contribution is 2.49. The summed E-state index contributed by atoms with van der Waals surface area (Å²) in [5.41, 5.74) is 1.24. The second-order valence-corrected chi connectivity index (χ2v) is 6.45. The molecule has 1 spiro atoms. The Kier molecular flexibility index (Phi) is 2.54. The van der Waals surface area contributed by atoms with Crippen LogP contribution in [0.2, 0.25) is 0 Å². The van der Waals surface area contributed by atoms with Crippen LogP contribution in [0.25, 0.3) is 0 Å². The van der Waals surface area contributed by atoms with Gasteiger partial charge in [-0.05, 0) is 26.8 Å². The normalized spacial score (nSPS) is 31.1. The van der Waals surface area contributed by atoms with Gasteiger partial charge in [-0.2, -0.15) is 0 Å². The lowest BCUT2D eigenvalue weighted by molar-refractivity contribution is -0.113. The molecule has 0 aromatic carbocycles. The summed E-state index contributed by atoms with van der Waals surface area (Å²) < 4.78 is 5.60. The summed E-state index contributed by atoms with van der Waals surface area (Å²) in [5.74, 6) is 0. The zero-order chi connectivity index (χ0) is 11.2. The lowest BCUT2D eigenvalue weighted by Gasteiger charge is -2.60. The second kappa shape index (κ2) is 3.69. The van der Waals surface area contributed by atoms with E-state index in [4.69, 9.17) is 4.74 Å². The molecule has 0 aromatic heterocycles. The van der Waals surface area contributed by atoms with Gasteiger partial charge in [-0.15, -0.1) is 0 Å². The summed E-state index contributed by atoms with van der Waals surface area (Å²) >= 11 is 0. The van der Waals surface area contributed by atoms with Crippen LogP contribution in [0.15, 0.2) is 0 Å². The van der Waals surface area contributed by atoms with Gasteiger partial charge in [-0.3, -0.25) is 0 Å². The van der Waals surface area contributed by atoms with E-state index in [-0.39, 0.29) is 0 Å². The molecule has 1 saturated carbocycles. The van der Waals surface area contributed by atoms with Crippen molar-refractivity contribution in [3.63, 3.8) is 0 Å². The van der Waals surface area contributed by atoms with Gasteiger partial charge >= 0.3 is 0 Å². The van der Waals surface area contributed by atoms with Gasteiger partial charge in [0.15, 0.2) is 0 Å². The molecule has 3 rings (SSSR count). The molecule has 92 valence electrons. The van der Waals surface area contributed by atoms with Crippen molar-refractivity contribution < 1.29 is 4.74 Å². The molecule has 3 nitrogen and oxygen atoms in total. The molecule has 0 atom stereocenters. The molecular formula is C13H24N2O. The third kappa shape index (κ3) is 1.89. The molecule has 0 aromatic rings.